The molecule has 0 amide bonds. The fourth-order valence-electron chi connectivity index (χ4n) is 0.536. The highest BCUT2D eigenvalue weighted by Gasteiger charge is 2.13. The first-order valence-electron chi connectivity index (χ1n) is 2.59. The Kier molecular flexibility index (Phi) is 1.82. The van der Waals surface area contributed by atoms with E-state index in [1.165, 1.54) is 0 Å². The molecule has 1 rings (SSSR count). The lowest BCUT2D eigenvalue weighted by Gasteiger charge is -2.02. The number of aromatic nitrogens is 1. The molecule has 11 heavy (non-hydrogen) atoms. The second-order valence-electron chi connectivity index (χ2n) is 1.83. The van der Waals surface area contributed by atoms with Gasteiger partial charge in [-0.25, -0.2) is 0 Å². The average Bonchev–Trinajstić information content (AvgIpc) is 1.97. The van der Waals surface area contributed by atoms with Gasteiger partial charge in [0.2, 0.25) is 11.9 Å². The lowest BCUT2D eigenvalue weighted by molar-refractivity contribution is 0.517. The summed E-state index contributed by atoms with van der Waals surface area (Å²) < 4.78 is 24.8. The number of nitrogen functional groups attached to an aromatic ring is 2. The summed E-state index contributed by atoms with van der Waals surface area (Å²) in [6.07, 6.45) is 0. The first kappa shape index (κ1) is 8.00. The van der Waals surface area contributed by atoms with Crippen LogP contribution in [-0.2, 0) is 0 Å². The Labute approximate surface area is 66.0 Å². The lowest BCUT2D eigenvalue weighted by Crippen LogP contribution is -2.03. The van der Waals surface area contributed by atoms with Crippen LogP contribution in [0.2, 0.25) is 5.02 Å². The van der Waals surface area contributed by atoms with Crippen molar-refractivity contribution in [3.05, 3.63) is 16.9 Å². The van der Waals surface area contributed by atoms with Crippen LogP contribution in [0.1, 0.15) is 0 Å². The summed E-state index contributed by atoms with van der Waals surface area (Å²) in [4.78, 5) is 2.76. The molecule has 1 aromatic rings. The van der Waals surface area contributed by atoms with E-state index in [1.807, 2.05) is 0 Å². The number of hydrogen-bond donors (Lipinski definition) is 2. The van der Waals surface area contributed by atoms with Crippen LogP contribution in [0.4, 0.5) is 20.2 Å². The molecular weight excluding hydrogens is 176 g/mol. The second kappa shape index (κ2) is 2.50. The van der Waals surface area contributed by atoms with Crippen LogP contribution in [-0.4, -0.2) is 4.98 Å². The molecule has 0 fully saturated rings. The molecule has 0 unspecified atom stereocenters. The van der Waals surface area contributed by atoms with Gasteiger partial charge in [-0.15, -0.1) is 0 Å². The van der Waals surface area contributed by atoms with E-state index in [0.717, 1.165) is 0 Å². The predicted octanol–water partition coefficient (Wildman–Crippen LogP) is 1.18. The van der Waals surface area contributed by atoms with Crippen molar-refractivity contribution in [2.45, 2.75) is 0 Å². The van der Waals surface area contributed by atoms with Crippen molar-refractivity contribution in [1.82, 2.24) is 4.98 Å². The smallest absolute Gasteiger partial charge is 0.240 e. The number of halogens is 3. The van der Waals surface area contributed by atoms with Crippen LogP contribution in [0.15, 0.2) is 0 Å². The van der Waals surface area contributed by atoms with Gasteiger partial charge in [0.1, 0.15) is 10.7 Å². The molecule has 60 valence electrons. The van der Waals surface area contributed by atoms with Gasteiger partial charge in [-0.05, 0) is 0 Å². The van der Waals surface area contributed by atoms with Crippen LogP contribution >= 0.6 is 11.6 Å². The van der Waals surface area contributed by atoms with Gasteiger partial charge in [0, 0.05) is 0 Å². The zero-order valence-electron chi connectivity index (χ0n) is 5.24. The van der Waals surface area contributed by atoms with Crippen LogP contribution in [0.5, 0.6) is 0 Å². The number of nitrogens with zero attached hydrogens (tertiary/aromatic N) is 1. The van der Waals surface area contributed by atoms with Gasteiger partial charge < -0.3 is 11.5 Å². The van der Waals surface area contributed by atoms with E-state index in [1.54, 1.807) is 0 Å². The van der Waals surface area contributed by atoms with Crippen molar-refractivity contribution in [3.8, 4) is 0 Å². The van der Waals surface area contributed by atoms with Gasteiger partial charge >= 0.3 is 0 Å². The van der Waals surface area contributed by atoms with Crippen molar-refractivity contribution >= 4 is 23.0 Å². The molecule has 0 saturated carbocycles. The largest absolute Gasteiger partial charge is 0.396 e. The zero-order chi connectivity index (χ0) is 8.59. The first-order valence-corrected chi connectivity index (χ1v) is 2.97. The number of hydrogen-bond acceptors (Lipinski definition) is 3. The van der Waals surface area contributed by atoms with E-state index < -0.39 is 22.6 Å². The minimum atomic E-state index is -1.16. The summed E-state index contributed by atoms with van der Waals surface area (Å²) >= 11 is 5.25. The molecule has 1 heterocycles. The topological polar surface area (TPSA) is 64.9 Å². The van der Waals surface area contributed by atoms with Gasteiger partial charge in [-0.1, -0.05) is 11.6 Å². The predicted molar refractivity (Wildman–Crippen MR) is 38.0 cm³/mol. The minimum absolute atomic E-state index is 0.323. The monoisotopic (exact) mass is 179 g/mol. The highest BCUT2D eigenvalue weighted by molar-refractivity contribution is 6.33. The molecule has 0 saturated heterocycles. The molecule has 0 radical (unpaired) electrons. The van der Waals surface area contributed by atoms with Crippen molar-refractivity contribution in [1.29, 1.82) is 0 Å². The number of pyridine rings is 1. The molecule has 0 aromatic carbocycles. The van der Waals surface area contributed by atoms with Gasteiger partial charge in [0.05, 0.1) is 5.69 Å². The molecule has 0 atom stereocenters. The molecular formula is C5H4ClF2N3. The standard InChI is InChI=1S/C5H4ClF2N3/c6-1-2(9)3(10)5(8)11-4(1)7/h10H2,(H2,9,11). The lowest BCUT2D eigenvalue weighted by atomic mass is 10.3. The Morgan fingerprint density at radius 1 is 1.09 bits per heavy atom. The third-order valence-corrected chi connectivity index (χ3v) is 1.49. The Balaban J connectivity index is 3.46. The van der Waals surface area contributed by atoms with E-state index in [9.17, 15) is 8.78 Å². The maximum Gasteiger partial charge on any atom is 0.240 e. The fraction of sp³-hybridized carbons (Fsp3) is 0. The highest BCUT2D eigenvalue weighted by atomic mass is 35.5. The zero-order valence-corrected chi connectivity index (χ0v) is 5.99. The molecule has 4 N–H and O–H groups in total. The first-order chi connectivity index (χ1) is 5.04. The Hall–Kier alpha value is -1.10. The molecule has 3 nitrogen and oxygen atoms in total. The van der Waals surface area contributed by atoms with Crippen molar-refractivity contribution in [2.24, 2.45) is 0 Å². The van der Waals surface area contributed by atoms with Crippen LogP contribution in [0.25, 0.3) is 0 Å². The third kappa shape index (κ3) is 1.19. The van der Waals surface area contributed by atoms with Crippen LogP contribution in [0.3, 0.4) is 0 Å². The highest BCUT2D eigenvalue weighted by Crippen LogP contribution is 2.27. The number of rotatable bonds is 0. The second-order valence-corrected chi connectivity index (χ2v) is 2.21. The van der Waals surface area contributed by atoms with E-state index in [4.69, 9.17) is 23.1 Å². The van der Waals surface area contributed by atoms with E-state index in [-0.39, 0.29) is 5.69 Å². The summed E-state index contributed by atoms with van der Waals surface area (Å²) in [5.41, 5.74) is 9.39. The summed E-state index contributed by atoms with van der Waals surface area (Å²) in [5, 5.41) is -0.455. The van der Waals surface area contributed by atoms with E-state index >= 15 is 0 Å². The third-order valence-electron chi connectivity index (χ3n) is 1.13. The molecule has 0 bridgehead atoms. The molecule has 0 aliphatic rings. The van der Waals surface area contributed by atoms with Crippen LogP contribution in [0, 0.1) is 11.9 Å². The quantitative estimate of drug-likeness (QED) is 0.588. The van der Waals surface area contributed by atoms with E-state index in [2.05, 4.69) is 4.98 Å². The van der Waals surface area contributed by atoms with E-state index in [0.29, 0.717) is 0 Å². The Morgan fingerprint density at radius 3 is 2.18 bits per heavy atom. The average molecular weight is 180 g/mol. The number of nitrogens with two attached hydrogens (primary N) is 2. The summed E-state index contributed by atoms with van der Waals surface area (Å²) in [6.45, 7) is 0. The Bertz CT molecular complexity index is 276. The van der Waals surface area contributed by atoms with Gasteiger partial charge in [0.25, 0.3) is 0 Å². The van der Waals surface area contributed by atoms with Gasteiger partial charge in [-0.3, -0.25) is 0 Å². The summed E-state index contributed by atoms with van der Waals surface area (Å²) in [6, 6.07) is 0. The SMILES string of the molecule is Nc1c(F)nc(F)c(Cl)c1N. The van der Waals surface area contributed by atoms with Crippen molar-refractivity contribution in [2.75, 3.05) is 11.5 Å². The fourth-order valence-corrected chi connectivity index (χ4v) is 0.680. The van der Waals surface area contributed by atoms with Gasteiger partial charge in [0.15, 0.2) is 0 Å². The van der Waals surface area contributed by atoms with Gasteiger partial charge in [-0.2, -0.15) is 13.8 Å². The molecule has 0 aliphatic heterocycles. The van der Waals surface area contributed by atoms with Crippen molar-refractivity contribution < 1.29 is 8.78 Å². The molecule has 1 aromatic heterocycles. The number of anilines is 2. The normalized spacial score (nSPS) is 10.1. The Morgan fingerprint density at radius 2 is 1.64 bits per heavy atom. The molecule has 0 spiro atoms. The maximum absolute atomic E-state index is 12.4. The maximum atomic E-state index is 12.4. The van der Waals surface area contributed by atoms with Crippen LogP contribution < -0.4 is 11.5 Å². The summed E-state index contributed by atoms with van der Waals surface area (Å²) in [7, 11) is 0. The summed E-state index contributed by atoms with van der Waals surface area (Å²) in [5.74, 6) is -2.31. The van der Waals surface area contributed by atoms with Crippen molar-refractivity contribution in [3.63, 3.8) is 0 Å². The molecule has 0 aliphatic carbocycles. The minimum Gasteiger partial charge on any atom is -0.396 e. The molecule has 6 heteroatoms.